The molecule has 24 heteroatoms. The van der Waals surface area contributed by atoms with Crippen molar-refractivity contribution in [1.82, 2.24) is 0 Å². The third-order valence-corrected chi connectivity index (χ3v) is 21.8. The van der Waals surface area contributed by atoms with Crippen molar-refractivity contribution in [1.29, 1.82) is 0 Å². The molecule has 127 heavy (non-hydrogen) atoms. The van der Waals surface area contributed by atoms with Crippen LogP contribution in [-0.2, 0) is 90.4 Å². The van der Waals surface area contributed by atoms with E-state index in [0.29, 0.717) is 92.0 Å². The van der Waals surface area contributed by atoms with Crippen LogP contribution in [0.2, 0.25) is 0 Å². The van der Waals surface area contributed by atoms with Crippen LogP contribution in [-0.4, -0.2) is 151 Å². The molecule has 0 N–H and O–H groups in total. The van der Waals surface area contributed by atoms with Crippen molar-refractivity contribution < 1.29 is 114 Å². The van der Waals surface area contributed by atoms with Crippen molar-refractivity contribution in [2.45, 2.75) is 294 Å². The van der Waals surface area contributed by atoms with Gasteiger partial charge in [0.05, 0.1) is 49.5 Å². The number of unbranched alkanes of at least 4 members (excludes halogenated alkanes) is 18. The number of hydrogen-bond acceptors (Lipinski definition) is 24. The zero-order valence-corrected chi connectivity index (χ0v) is 78.3. The third-order valence-electron chi connectivity index (χ3n) is 21.8. The topological polar surface area (TPSA) is 316 Å². The highest BCUT2D eigenvalue weighted by molar-refractivity contribution is 5.91. The molecule has 706 valence electrons. The van der Waals surface area contributed by atoms with Crippen LogP contribution in [0.25, 0.3) is 0 Å². The molecule has 24 nitrogen and oxygen atoms in total. The smallest absolute Gasteiger partial charge is 0.338 e. The molecule has 0 saturated heterocycles. The van der Waals surface area contributed by atoms with E-state index in [1.165, 1.54) is 64.7 Å². The Hall–Kier alpha value is -10.3. The summed E-state index contributed by atoms with van der Waals surface area (Å²) >= 11 is 0. The molecule has 0 aliphatic heterocycles. The second kappa shape index (κ2) is 69.8. The highest BCUT2D eigenvalue weighted by Gasteiger charge is 2.39. The standard InChI is InChI=1S/C33H62O6.C27H26O6.C22H24O6.C21H38O6/c1-5-9-12-15-18-21-24-30(34)37-27-33(8-4,28-38-31(35)25-22-19-16-13-10-6-2)29-39-32(36)26-23-20-17-14-11-7-3;1-2-27(18-31-24(28)21-12-6-3-7-13-21,19-32-25(29)22-14-8-4-9-15-22)20-33-26(30)23-16-10-5-11-17-23;1-3-22(14-26-17(2)23,15-27-20(24)18-10-6-4-7-11-18)16-28-21(25)19-12-8-5-9-13-19;1-5-9-12-18(22)25-15-21(8-4,16-26-19(23)13-10-6-2)17-27-20(24)14-11-7-3/h5-29H2,1-4H3;3-17H,2,18-20H2,1H3;4-13H,3,14-16H2,1-2H3;5-17H2,1-4H3. The van der Waals surface area contributed by atoms with Crippen LogP contribution in [0.1, 0.15) is 346 Å². The van der Waals surface area contributed by atoms with Gasteiger partial charge in [-0.1, -0.05) is 276 Å². The van der Waals surface area contributed by atoms with E-state index in [1.807, 2.05) is 48.5 Å². The molecule has 0 saturated carbocycles. The summed E-state index contributed by atoms with van der Waals surface area (Å²) < 4.78 is 65.8. The van der Waals surface area contributed by atoms with E-state index in [0.717, 1.165) is 96.3 Å². The Morgan fingerprint density at radius 3 is 0.504 bits per heavy atom. The SMILES string of the molecule is CCC(COC(=O)c1ccccc1)(COC(=O)c1ccccc1)COC(=O)c1ccccc1.CCC(COC(C)=O)(COC(=O)c1ccccc1)COC(=O)c1ccccc1.CCCCC(=O)OCC(CC)(COC(=O)CCCC)COC(=O)CCCC.CCCCCCCCC(=O)OCC(CC)(COC(=O)CCCCCCCC)COC(=O)CCCCCCCC. The summed E-state index contributed by atoms with van der Waals surface area (Å²) in [5.74, 6) is -4.47. The maximum atomic E-state index is 12.5. The predicted molar refractivity (Wildman–Crippen MR) is 489 cm³/mol. The van der Waals surface area contributed by atoms with Crippen LogP contribution in [0.3, 0.4) is 0 Å². The molecule has 0 amide bonds. The molecule has 5 rings (SSSR count). The largest absolute Gasteiger partial charge is 0.465 e. The minimum absolute atomic E-state index is 0.0248. The van der Waals surface area contributed by atoms with E-state index in [9.17, 15) is 57.5 Å². The second-order valence-corrected chi connectivity index (χ2v) is 32.7. The van der Waals surface area contributed by atoms with Crippen LogP contribution in [0, 0.1) is 21.7 Å². The molecule has 0 spiro atoms. The zero-order valence-electron chi connectivity index (χ0n) is 78.3. The first kappa shape index (κ1) is 113. The van der Waals surface area contributed by atoms with E-state index >= 15 is 0 Å². The molecule has 5 aromatic rings. The predicted octanol–water partition coefficient (Wildman–Crippen LogP) is 22.5. The third kappa shape index (κ3) is 52.0. The van der Waals surface area contributed by atoms with Gasteiger partial charge in [-0.3, -0.25) is 33.6 Å². The van der Waals surface area contributed by atoms with Gasteiger partial charge in [-0.2, -0.15) is 0 Å². The Morgan fingerprint density at radius 2 is 0.339 bits per heavy atom. The van der Waals surface area contributed by atoms with Gasteiger partial charge in [0.1, 0.15) is 79.3 Å². The first-order valence-corrected chi connectivity index (χ1v) is 46.5. The van der Waals surface area contributed by atoms with Gasteiger partial charge in [0, 0.05) is 45.4 Å². The number of carbonyl (C=O) groups excluding carboxylic acids is 12. The van der Waals surface area contributed by atoms with Gasteiger partial charge < -0.3 is 56.8 Å². The van der Waals surface area contributed by atoms with Gasteiger partial charge in [0.2, 0.25) is 0 Å². The Kier molecular flexibility index (Phi) is 62.0. The van der Waals surface area contributed by atoms with E-state index in [-0.39, 0.29) is 115 Å². The number of esters is 12. The van der Waals surface area contributed by atoms with Crippen molar-refractivity contribution in [3.8, 4) is 0 Å². The summed E-state index contributed by atoms with van der Waals surface area (Å²) in [6, 6.07) is 43.0. The Morgan fingerprint density at radius 1 is 0.189 bits per heavy atom. The number of ether oxygens (including phenoxy) is 12. The lowest BCUT2D eigenvalue weighted by Crippen LogP contribution is -2.39. The minimum atomic E-state index is -0.903. The highest BCUT2D eigenvalue weighted by Crippen LogP contribution is 2.31. The Balaban J connectivity index is 0.000000579. The maximum absolute atomic E-state index is 12.5. The van der Waals surface area contributed by atoms with E-state index in [2.05, 4.69) is 20.8 Å². The average Bonchev–Trinajstić information content (AvgIpc) is 0.846. The quantitative estimate of drug-likeness (QED) is 0.0198. The number of rotatable bonds is 63. The molecule has 0 radical (unpaired) electrons. The van der Waals surface area contributed by atoms with E-state index in [4.69, 9.17) is 56.8 Å². The molecule has 0 unspecified atom stereocenters. The van der Waals surface area contributed by atoms with Gasteiger partial charge in [-0.05, 0) is 125 Å². The van der Waals surface area contributed by atoms with E-state index < -0.39 is 57.5 Å². The second-order valence-electron chi connectivity index (χ2n) is 32.7. The monoisotopic (exact) mass is 1770 g/mol. The normalized spacial score (nSPS) is 11.0. The van der Waals surface area contributed by atoms with Crippen LogP contribution >= 0.6 is 0 Å². The molecular weight excluding hydrogens is 1620 g/mol. The minimum Gasteiger partial charge on any atom is -0.465 e. The summed E-state index contributed by atoms with van der Waals surface area (Å²) in [6.45, 7) is 21.6. The van der Waals surface area contributed by atoms with Crippen molar-refractivity contribution >= 4 is 71.6 Å². The molecular formula is C103H150O24. The Bertz CT molecular complexity index is 3500. The van der Waals surface area contributed by atoms with Crippen molar-refractivity contribution in [3.63, 3.8) is 0 Å². The molecule has 0 aromatic heterocycles. The van der Waals surface area contributed by atoms with Crippen LogP contribution < -0.4 is 0 Å². The molecule has 0 fully saturated rings. The van der Waals surface area contributed by atoms with Crippen LogP contribution in [0.5, 0.6) is 0 Å². The first-order valence-electron chi connectivity index (χ1n) is 46.5. The fourth-order valence-corrected chi connectivity index (χ4v) is 12.3. The van der Waals surface area contributed by atoms with E-state index in [1.54, 1.807) is 152 Å². The molecule has 0 aliphatic carbocycles. The summed E-state index contributed by atoms with van der Waals surface area (Å²) in [7, 11) is 0. The molecule has 0 heterocycles. The summed E-state index contributed by atoms with van der Waals surface area (Å²) in [6.07, 6.45) is 29.3. The first-order chi connectivity index (χ1) is 61.3. The highest BCUT2D eigenvalue weighted by atomic mass is 16.6. The van der Waals surface area contributed by atoms with Gasteiger partial charge in [0.25, 0.3) is 0 Å². The lowest BCUT2D eigenvalue weighted by Gasteiger charge is -2.31. The number of carbonyl (C=O) groups is 12. The molecule has 0 atom stereocenters. The lowest BCUT2D eigenvalue weighted by molar-refractivity contribution is -0.165. The average molecular weight is 1770 g/mol. The molecule has 0 bridgehead atoms. The van der Waals surface area contributed by atoms with Crippen molar-refractivity contribution in [2.24, 2.45) is 21.7 Å². The van der Waals surface area contributed by atoms with Crippen LogP contribution in [0.4, 0.5) is 0 Å². The summed E-state index contributed by atoms with van der Waals surface area (Å²) in [4.78, 5) is 146. The van der Waals surface area contributed by atoms with Gasteiger partial charge in [-0.15, -0.1) is 0 Å². The Labute approximate surface area is 757 Å². The number of benzene rings is 5. The van der Waals surface area contributed by atoms with Crippen molar-refractivity contribution in [2.75, 3.05) is 79.3 Å². The van der Waals surface area contributed by atoms with Gasteiger partial charge in [0.15, 0.2) is 0 Å². The van der Waals surface area contributed by atoms with Gasteiger partial charge >= 0.3 is 71.6 Å². The molecule has 5 aromatic carbocycles. The fourth-order valence-electron chi connectivity index (χ4n) is 12.3. The molecule has 0 aliphatic rings. The maximum Gasteiger partial charge on any atom is 0.338 e. The number of hydrogen-bond donors (Lipinski definition) is 0. The zero-order chi connectivity index (χ0) is 93.5. The van der Waals surface area contributed by atoms with Gasteiger partial charge in [-0.25, -0.2) is 24.0 Å². The summed E-state index contributed by atoms with van der Waals surface area (Å²) in [5.41, 5.74) is -1.10. The van der Waals surface area contributed by atoms with Crippen molar-refractivity contribution in [3.05, 3.63) is 179 Å². The fraction of sp³-hybridized carbons (Fsp3) is 0.592. The lowest BCUT2D eigenvalue weighted by atomic mass is 9.88. The van der Waals surface area contributed by atoms with Crippen LogP contribution in [0.15, 0.2) is 152 Å². The summed E-state index contributed by atoms with van der Waals surface area (Å²) in [5, 5.41) is 0.